The van der Waals surface area contributed by atoms with E-state index in [1.165, 1.54) is 4.90 Å². The summed E-state index contributed by atoms with van der Waals surface area (Å²) in [5, 5.41) is 41.2. The van der Waals surface area contributed by atoms with Gasteiger partial charge in [-0.25, -0.2) is 0 Å². The summed E-state index contributed by atoms with van der Waals surface area (Å²) in [6, 6.07) is 7.25. The number of hydrogen-bond acceptors (Lipinski definition) is 9. The van der Waals surface area contributed by atoms with Gasteiger partial charge in [0.25, 0.3) is 11.8 Å². The van der Waals surface area contributed by atoms with Crippen LogP contribution in [0.2, 0.25) is 0 Å². The molecular weight excluding hydrogens is 608 g/mol. The number of nitrogens with zero attached hydrogens (tertiary/aromatic N) is 1. The quantitative estimate of drug-likeness (QED) is 0.117. The number of rotatable bonds is 17. The summed E-state index contributed by atoms with van der Waals surface area (Å²) in [6.45, 7) is 11.1. The Hall–Kier alpha value is -3.59. The normalized spacial score (nSPS) is 13.5. The molecule has 0 aliphatic carbocycles. The third-order valence-electron chi connectivity index (χ3n) is 6.45. The molecule has 0 heterocycles. The predicted molar refractivity (Wildman–Crippen MR) is 184 cm³/mol. The summed E-state index contributed by atoms with van der Waals surface area (Å²) in [4.78, 5) is 59.9. The molecule has 1 rings (SSSR count). The number of benzene rings is 1. The lowest BCUT2D eigenvalue weighted by Gasteiger charge is -2.24. The Morgan fingerprint density at radius 1 is 0.745 bits per heavy atom. The molecule has 0 spiro atoms. The molecule has 5 atom stereocenters. The molecule has 1 aromatic rings. The number of amides is 4. The van der Waals surface area contributed by atoms with Crippen molar-refractivity contribution in [3.8, 4) is 0 Å². The molecule has 8 N–H and O–H groups in total. The smallest absolute Gasteiger partial charge is 0.322 e. The van der Waals surface area contributed by atoms with Crippen LogP contribution in [0.4, 0.5) is 0 Å². The lowest BCUT2D eigenvalue weighted by atomic mass is 9.99. The molecule has 0 saturated heterocycles. The highest BCUT2D eigenvalue weighted by atomic mass is 16.4. The van der Waals surface area contributed by atoms with Crippen LogP contribution in [0, 0.1) is 11.8 Å². The van der Waals surface area contributed by atoms with Crippen LogP contribution in [-0.4, -0.2) is 115 Å². The van der Waals surface area contributed by atoms with E-state index in [1.54, 1.807) is 52.5 Å². The largest absolute Gasteiger partial charge is 0.480 e. The van der Waals surface area contributed by atoms with Gasteiger partial charge in [-0.1, -0.05) is 79.3 Å². The average Bonchev–Trinajstić information content (AvgIpc) is 3.02. The molecule has 0 saturated carbocycles. The molecule has 47 heavy (non-hydrogen) atoms. The first kappa shape index (κ1) is 47.8. The minimum atomic E-state index is -1.27. The molecule has 14 heteroatoms. The van der Waals surface area contributed by atoms with Crippen molar-refractivity contribution in [2.24, 2.45) is 11.8 Å². The summed E-state index contributed by atoms with van der Waals surface area (Å²) < 4.78 is 0. The van der Waals surface area contributed by atoms with Crippen LogP contribution in [0.1, 0.15) is 73.4 Å². The standard InChI is InChI=1S/C20H32N4O4.C10H20N2O4.C2H6.CH4/c1-13(2)11-15(21-3)18(26)19(27)22-12-16(25)23-17(20(28)24(4)5)14-9-7-6-8-10-14;1-6(2)4-7(11-3)9(15)10(16)12-5-8(13)14;1-2;/h6-10,13,15,17-18,21,26H,11-12H2,1-5H3,(H,22,27)(H,23,25);6-7,9,11,15H,4-5H2,1-3H3,(H,12,16)(H,13,14);1-2H3;1H4/t15-,17-,18?;7-,9?;;/m00../s1. The van der Waals surface area contributed by atoms with Crippen LogP contribution in [0.5, 0.6) is 0 Å². The van der Waals surface area contributed by atoms with Gasteiger partial charge in [-0.3, -0.25) is 24.0 Å². The molecule has 14 nitrogen and oxygen atoms in total. The van der Waals surface area contributed by atoms with E-state index in [2.05, 4.69) is 26.6 Å². The Morgan fingerprint density at radius 2 is 1.15 bits per heavy atom. The number of carboxylic acid groups (broad SMARTS) is 1. The Bertz CT molecular complexity index is 1040. The van der Waals surface area contributed by atoms with Gasteiger partial charge in [-0.2, -0.15) is 0 Å². The van der Waals surface area contributed by atoms with Crippen LogP contribution in [0.3, 0.4) is 0 Å². The van der Waals surface area contributed by atoms with Gasteiger partial charge >= 0.3 is 5.97 Å². The van der Waals surface area contributed by atoms with E-state index < -0.39 is 54.5 Å². The summed E-state index contributed by atoms with van der Waals surface area (Å²) in [7, 11) is 6.54. The molecule has 0 radical (unpaired) electrons. The number of carboxylic acids is 1. The lowest BCUT2D eigenvalue weighted by molar-refractivity contribution is -0.140. The summed E-state index contributed by atoms with van der Waals surface area (Å²) in [5.41, 5.74) is 0.646. The first-order valence-electron chi connectivity index (χ1n) is 15.6. The van der Waals surface area contributed by atoms with E-state index in [1.807, 2.05) is 47.6 Å². The third kappa shape index (κ3) is 20.3. The van der Waals surface area contributed by atoms with Crippen molar-refractivity contribution >= 4 is 29.6 Å². The van der Waals surface area contributed by atoms with Gasteiger partial charge in [-0.15, -0.1) is 0 Å². The van der Waals surface area contributed by atoms with Crippen molar-refractivity contribution in [3.63, 3.8) is 0 Å². The second kappa shape index (κ2) is 26.5. The summed E-state index contributed by atoms with van der Waals surface area (Å²) in [6.07, 6.45) is -1.25. The first-order valence-corrected chi connectivity index (χ1v) is 15.6. The fourth-order valence-electron chi connectivity index (χ4n) is 4.13. The molecule has 0 aromatic heterocycles. The van der Waals surface area contributed by atoms with E-state index in [0.29, 0.717) is 30.2 Å². The van der Waals surface area contributed by atoms with Gasteiger partial charge < -0.3 is 46.8 Å². The van der Waals surface area contributed by atoms with E-state index in [9.17, 15) is 34.2 Å². The highest BCUT2D eigenvalue weighted by Crippen LogP contribution is 2.15. The lowest BCUT2D eigenvalue weighted by Crippen LogP contribution is -2.50. The Balaban J connectivity index is -0.000000871. The van der Waals surface area contributed by atoms with Crippen LogP contribution < -0.4 is 26.6 Å². The van der Waals surface area contributed by atoms with Gasteiger partial charge in [-0.05, 0) is 44.3 Å². The Kier molecular flexibility index (Phi) is 26.9. The molecular formula is C33H62N6O8. The highest BCUT2D eigenvalue weighted by molar-refractivity contribution is 5.91. The van der Waals surface area contributed by atoms with Crippen LogP contribution in [0.25, 0.3) is 0 Å². The van der Waals surface area contributed by atoms with Gasteiger partial charge in [0, 0.05) is 26.2 Å². The maximum Gasteiger partial charge on any atom is 0.322 e. The zero-order chi connectivity index (χ0) is 36.0. The van der Waals surface area contributed by atoms with Crippen molar-refractivity contribution in [2.45, 2.75) is 92.1 Å². The molecule has 2 unspecified atom stereocenters. The topological polar surface area (TPSA) is 209 Å². The predicted octanol–water partition coefficient (Wildman–Crippen LogP) is 0.888. The number of nitrogens with one attached hydrogen (secondary N) is 5. The first-order chi connectivity index (χ1) is 21.5. The van der Waals surface area contributed by atoms with Crippen molar-refractivity contribution in [1.29, 1.82) is 0 Å². The Morgan fingerprint density at radius 3 is 1.49 bits per heavy atom. The number of likely N-dealkylation sites (N-methyl/N-ethyl adjacent to an activating group) is 3. The number of hydrogen-bond donors (Lipinski definition) is 8. The molecule has 4 amide bonds. The third-order valence-corrected chi connectivity index (χ3v) is 6.45. The van der Waals surface area contributed by atoms with Crippen molar-refractivity contribution in [1.82, 2.24) is 31.5 Å². The summed E-state index contributed by atoms with van der Waals surface area (Å²) >= 11 is 0. The number of carbonyl (C=O) groups excluding carboxylic acids is 4. The zero-order valence-electron chi connectivity index (χ0n) is 29.1. The van der Waals surface area contributed by atoms with Crippen LogP contribution in [0.15, 0.2) is 30.3 Å². The monoisotopic (exact) mass is 670 g/mol. The molecule has 0 bridgehead atoms. The van der Waals surface area contributed by atoms with Crippen molar-refractivity contribution < 1.29 is 39.3 Å². The zero-order valence-corrected chi connectivity index (χ0v) is 29.1. The second-order valence-electron chi connectivity index (χ2n) is 11.4. The minimum Gasteiger partial charge on any atom is -0.480 e. The van der Waals surface area contributed by atoms with Gasteiger partial charge in [0.05, 0.1) is 6.54 Å². The van der Waals surface area contributed by atoms with E-state index in [-0.39, 0.29) is 25.9 Å². The number of carbonyl (C=O) groups is 5. The van der Waals surface area contributed by atoms with Gasteiger partial charge in [0.15, 0.2) is 0 Å². The van der Waals surface area contributed by atoms with Crippen molar-refractivity contribution in [3.05, 3.63) is 35.9 Å². The Labute approximate surface area is 281 Å². The van der Waals surface area contributed by atoms with E-state index in [4.69, 9.17) is 5.11 Å². The molecule has 0 fully saturated rings. The van der Waals surface area contributed by atoms with Crippen molar-refractivity contribution in [2.75, 3.05) is 41.3 Å². The number of aliphatic hydroxyl groups is 2. The van der Waals surface area contributed by atoms with Gasteiger partial charge in [0.1, 0.15) is 24.8 Å². The van der Waals surface area contributed by atoms with E-state index >= 15 is 0 Å². The van der Waals surface area contributed by atoms with E-state index in [0.717, 1.165) is 0 Å². The maximum absolute atomic E-state index is 12.4. The number of aliphatic carboxylic acids is 1. The molecule has 272 valence electrons. The second-order valence-corrected chi connectivity index (χ2v) is 11.4. The fraction of sp³-hybridized carbons (Fsp3) is 0.667. The SMILES string of the molecule is C.CC.CN[C@@H](CC(C)C)C(O)C(=O)NCC(=O)N[C@H](C(=O)N(C)C)c1ccccc1.CN[C@@H](CC(C)C)C(O)C(=O)NCC(=O)O. The van der Waals surface area contributed by atoms with Gasteiger partial charge in [0.2, 0.25) is 11.8 Å². The number of aliphatic hydroxyl groups excluding tert-OH is 2. The average molecular weight is 671 g/mol. The minimum absolute atomic E-state index is 0. The van der Waals surface area contributed by atoms with Crippen LogP contribution in [-0.2, 0) is 24.0 Å². The fourth-order valence-corrected chi connectivity index (χ4v) is 4.13. The summed E-state index contributed by atoms with van der Waals surface area (Å²) in [5.74, 6) is -2.60. The molecule has 0 aliphatic heterocycles. The highest BCUT2D eigenvalue weighted by Gasteiger charge is 2.28. The molecule has 1 aromatic carbocycles. The maximum atomic E-state index is 12.4. The van der Waals surface area contributed by atoms with Crippen LogP contribution >= 0.6 is 0 Å². The molecule has 0 aliphatic rings.